The highest BCUT2D eigenvalue weighted by atomic mass is 79.9. The van der Waals surface area contributed by atoms with Crippen molar-refractivity contribution in [3.63, 3.8) is 0 Å². The van der Waals surface area contributed by atoms with Gasteiger partial charge in [-0.15, -0.1) is 0 Å². The lowest BCUT2D eigenvalue weighted by atomic mass is 10.2. The molecule has 6 heteroatoms. The molecule has 0 atom stereocenters. The largest absolute Gasteiger partial charge is 0.491 e. The molecule has 0 spiro atoms. The van der Waals surface area contributed by atoms with Gasteiger partial charge in [-0.3, -0.25) is 4.79 Å². The van der Waals surface area contributed by atoms with Crippen LogP contribution in [0.2, 0.25) is 0 Å². The third-order valence-electron chi connectivity index (χ3n) is 2.39. The van der Waals surface area contributed by atoms with Crippen molar-refractivity contribution in [2.45, 2.75) is 0 Å². The molecular formula is C14H19BrO5. The number of hydrogen-bond donors (Lipinski definition) is 0. The maximum atomic E-state index is 10.8. The molecule has 0 aliphatic rings. The van der Waals surface area contributed by atoms with Gasteiger partial charge in [0, 0.05) is 17.1 Å². The summed E-state index contributed by atoms with van der Waals surface area (Å²) in [5.74, 6) is 0.648. The average Bonchev–Trinajstić information content (AvgIpc) is 2.47. The second-order valence-electron chi connectivity index (χ2n) is 3.87. The monoisotopic (exact) mass is 346 g/mol. The Morgan fingerprint density at radius 3 is 2.35 bits per heavy atom. The van der Waals surface area contributed by atoms with Gasteiger partial charge in [-0.1, -0.05) is 15.9 Å². The molecule has 0 saturated heterocycles. The van der Waals surface area contributed by atoms with Crippen molar-refractivity contribution in [3.05, 3.63) is 28.2 Å². The molecule has 1 aromatic rings. The van der Waals surface area contributed by atoms with Gasteiger partial charge in [-0.05, 0) is 18.2 Å². The summed E-state index contributed by atoms with van der Waals surface area (Å²) >= 11 is 3.28. The fourth-order valence-corrected chi connectivity index (χ4v) is 1.72. The van der Waals surface area contributed by atoms with Crippen molar-refractivity contribution < 1.29 is 23.7 Å². The molecule has 112 valence electrons. The van der Waals surface area contributed by atoms with E-state index in [4.69, 9.17) is 18.9 Å². The Labute approximate surface area is 127 Å². The lowest BCUT2D eigenvalue weighted by Crippen LogP contribution is -2.12. The summed E-state index contributed by atoms with van der Waals surface area (Å²) in [5, 5.41) is 0. The van der Waals surface area contributed by atoms with Gasteiger partial charge in [0.25, 0.3) is 0 Å². The summed E-state index contributed by atoms with van der Waals surface area (Å²) in [4.78, 5) is 10.8. The molecule has 0 heterocycles. The van der Waals surface area contributed by atoms with Crippen LogP contribution >= 0.6 is 15.9 Å². The highest BCUT2D eigenvalue weighted by Gasteiger charge is 2.01. The van der Waals surface area contributed by atoms with Crippen molar-refractivity contribution in [1.29, 1.82) is 0 Å². The number of aldehydes is 1. The molecule has 0 aliphatic carbocycles. The van der Waals surface area contributed by atoms with Crippen LogP contribution in [0.25, 0.3) is 0 Å². The Balaban J connectivity index is 2.08. The molecule has 0 unspecified atom stereocenters. The van der Waals surface area contributed by atoms with Gasteiger partial charge in [-0.25, -0.2) is 0 Å². The van der Waals surface area contributed by atoms with Gasteiger partial charge < -0.3 is 18.9 Å². The highest BCUT2D eigenvalue weighted by Crippen LogP contribution is 2.20. The molecule has 0 bridgehead atoms. The van der Waals surface area contributed by atoms with Crippen molar-refractivity contribution in [3.8, 4) is 5.75 Å². The van der Waals surface area contributed by atoms with Gasteiger partial charge in [0.1, 0.15) is 12.4 Å². The van der Waals surface area contributed by atoms with Crippen LogP contribution in [0, 0.1) is 0 Å². The summed E-state index contributed by atoms with van der Waals surface area (Å²) < 4.78 is 21.7. The fourth-order valence-electron chi connectivity index (χ4n) is 1.38. The standard InChI is InChI=1S/C14H19BrO5/c1-17-4-5-18-6-7-19-8-9-20-13-2-3-14(15)12(10-13)11-16/h2-3,10-11H,4-9H2,1H3. The van der Waals surface area contributed by atoms with Crippen molar-refractivity contribution >= 4 is 22.2 Å². The van der Waals surface area contributed by atoms with E-state index in [1.807, 2.05) is 0 Å². The van der Waals surface area contributed by atoms with E-state index < -0.39 is 0 Å². The van der Waals surface area contributed by atoms with Crippen LogP contribution in [0.3, 0.4) is 0 Å². The van der Waals surface area contributed by atoms with Gasteiger partial charge in [-0.2, -0.15) is 0 Å². The molecule has 0 N–H and O–H groups in total. The van der Waals surface area contributed by atoms with E-state index in [-0.39, 0.29) is 0 Å². The quantitative estimate of drug-likeness (QED) is 0.454. The van der Waals surface area contributed by atoms with E-state index in [0.717, 1.165) is 10.8 Å². The summed E-state index contributed by atoms with van der Waals surface area (Å²) in [6.45, 7) is 3.12. The normalized spacial score (nSPS) is 10.5. The fraction of sp³-hybridized carbons (Fsp3) is 0.500. The molecule has 0 fully saturated rings. The molecular weight excluding hydrogens is 328 g/mol. The second-order valence-corrected chi connectivity index (χ2v) is 4.72. The number of ether oxygens (including phenoxy) is 4. The molecule has 0 aliphatic heterocycles. The number of rotatable bonds is 11. The maximum absolute atomic E-state index is 10.8. The summed E-state index contributed by atoms with van der Waals surface area (Å²) in [6.07, 6.45) is 0.783. The van der Waals surface area contributed by atoms with Crippen LogP contribution in [0.15, 0.2) is 22.7 Å². The first kappa shape index (κ1) is 17.1. The first-order chi connectivity index (χ1) is 9.77. The smallest absolute Gasteiger partial charge is 0.151 e. The minimum atomic E-state index is 0.429. The summed E-state index contributed by atoms with van der Waals surface area (Å²) in [7, 11) is 1.63. The van der Waals surface area contributed by atoms with E-state index in [9.17, 15) is 4.79 Å². The molecule has 0 amide bonds. The van der Waals surface area contributed by atoms with Gasteiger partial charge in [0.05, 0.1) is 33.0 Å². The number of hydrogen-bond acceptors (Lipinski definition) is 5. The summed E-state index contributed by atoms with van der Waals surface area (Å²) in [5.41, 5.74) is 0.565. The molecule has 1 rings (SSSR count). The van der Waals surface area contributed by atoms with E-state index >= 15 is 0 Å². The van der Waals surface area contributed by atoms with Crippen LogP contribution in [0.1, 0.15) is 10.4 Å². The minimum absolute atomic E-state index is 0.429. The highest BCUT2D eigenvalue weighted by molar-refractivity contribution is 9.10. The molecule has 0 aromatic heterocycles. The van der Waals surface area contributed by atoms with Gasteiger partial charge in [0.2, 0.25) is 0 Å². The number of methoxy groups -OCH3 is 1. The molecule has 0 radical (unpaired) electrons. The van der Waals surface area contributed by atoms with E-state index in [2.05, 4.69) is 15.9 Å². The predicted molar refractivity (Wildman–Crippen MR) is 78.5 cm³/mol. The maximum Gasteiger partial charge on any atom is 0.151 e. The zero-order valence-electron chi connectivity index (χ0n) is 11.5. The Hall–Kier alpha value is -0.950. The van der Waals surface area contributed by atoms with Crippen LogP contribution in [0.5, 0.6) is 5.75 Å². The first-order valence-electron chi connectivity index (χ1n) is 6.30. The number of carbonyl (C=O) groups excluding carboxylic acids is 1. The zero-order chi connectivity index (χ0) is 14.6. The number of halogens is 1. The first-order valence-corrected chi connectivity index (χ1v) is 7.09. The number of benzene rings is 1. The van der Waals surface area contributed by atoms with Crippen LogP contribution in [-0.2, 0) is 14.2 Å². The predicted octanol–water partition coefficient (Wildman–Crippen LogP) is 2.32. The molecule has 0 saturated carbocycles. The molecule has 1 aromatic carbocycles. The van der Waals surface area contributed by atoms with Crippen molar-refractivity contribution in [2.75, 3.05) is 46.8 Å². The van der Waals surface area contributed by atoms with E-state index in [0.29, 0.717) is 51.0 Å². The summed E-state index contributed by atoms with van der Waals surface area (Å²) in [6, 6.07) is 5.26. The van der Waals surface area contributed by atoms with E-state index in [1.54, 1.807) is 25.3 Å². The van der Waals surface area contributed by atoms with Gasteiger partial charge in [0.15, 0.2) is 6.29 Å². The third kappa shape index (κ3) is 7.00. The van der Waals surface area contributed by atoms with Crippen LogP contribution in [0.4, 0.5) is 0 Å². The van der Waals surface area contributed by atoms with Crippen molar-refractivity contribution in [2.24, 2.45) is 0 Å². The van der Waals surface area contributed by atoms with Crippen molar-refractivity contribution in [1.82, 2.24) is 0 Å². The lowest BCUT2D eigenvalue weighted by Gasteiger charge is -2.08. The van der Waals surface area contributed by atoms with E-state index in [1.165, 1.54) is 0 Å². The SMILES string of the molecule is COCCOCCOCCOc1ccc(Br)c(C=O)c1. The minimum Gasteiger partial charge on any atom is -0.491 e. The Morgan fingerprint density at radius 2 is 1.70 bits per heavy atom. The lowest BCUT2D eigenvalue weighted by molar-refractivity contribution is 0.0179. The van der Waals surface area contributed by atoms with Gasteiger partial charge >= 0.3 is 0 Å². The Kier molecular flexibility index (Phi) is 9.23. The third-order valence-corrected chi connectivity index (χ3v) is 3.12. The Morgan fingerprint density at radius 1 is 1.05 bits per heavy atom. The topological polar surface area (TPSA) is 54.0 Å². The molecule has 20 heavy (non-hydrogen) atoms. The Bertz CT molecular complexity index is 397. The zero-order valence-corrected chi connectivity index (χ0v) is 13.1. The van der Waals surface area contributed by atoms with Crippen LogP contribution in [-0.4, -0.2) is 53.0 Å². The van der Waals surface area contributed by atoms with Crippen LogP contribution < -0.4 is 4.74 Å². The average molecular weight is 347 g/mol. The second kappa shape index (κ2) is 10.8. The molecule has 5 nitrogen and oxygen atoms in total. The number of carbonyl (C=O) groups is 1.